The van der Waals surface area contributed by atoms with Crippen LogP contribution in [0.3, 0.4) is 0 Å². The Labute approximate surface area is 140 Å². The van der Waals surface area contributed by atoms with E-state index in [0.717, 1.165) is 0 Å². The van der Waals surface area contributed by atoms with Crippen LogP contribution in [0.1, 0.15) is 73.6 Å². The van der Waals surface area contributed by atoms with Crippen molar-refractivity contribution >= 4 is 0 Å². The van der Waals surface area contributed by atoms with Gasteiger partial charge in [0, 0.05) is 0 Å². The molecule has 0 aromatic heterocycles. The van der Waals surface area contributed by atoms with Crippen molar-refractivity contribution in [3.05, 3.63) is 23.3 Å². The van der Waals surface area contributed by atoms with Gasteiger partial charge in [-0.15, -0.1) is 0 Å². The van der Waals surface area contributed by atoms with Gasteiger partial charge in [0.25, 0.3) is 0 Å². The Balaban J connectivity index is 0. The minimum atomic E-state index is 0. The maximum absolute atomic E-state index is 2.51. The fourth-order valence-corrected chi connectivity index (χ4v) is 3.07. The summed E-state index contributed by atoms with van der Waals surface area (Å²) < 4.78 is 1.30. The van der Waals surface area contributed by atoms with E-state index in [2.05, 4.69) is 53.7 Å². The average molecular weight is 316 g/mol. The van der Waals surface area contributed by atoms with Gasteiger partial charge >= 0.3 is 0 Å². The van der Waals surface area contributed by atoms with Crippen molar-refractivity contribution in [3.63, 3.8) is 0 Å². The second-order valence-electron chi connectivity index (χ2n) is 6.57. The van der Waals surface area contributed by atoms with Gasteiger partial charge in [0.1, 0.15) is 0 Å². The summed E-state index contributed by atoms with van der Waals surface area (Å²) in [5.74, 6) is 0. The molecule has 0 bridgehead atoms. The zero-order valence-electron chi connectivity index (χ0n) is 15.3. The lowest BCUT2D eigenvalue weighted by molar-refractivity contribution is -0.923. The maximum Gasteiger partial charge on any atom is 0.0976 e. The molecule has 2 heteroatoms. The van der Waals surface area contributed by atoms with Crippen LogP contribution in [0.15, 0.2) is 23.3 Å². The highest BCUT2D eigenvalue weighted by molar-refractivity contribution is 5.02. The molecular weight excluding hydrogens is 278 g/mol. The third-order valence-corrected chi connectivity index (χ3v) is 4.01. The molecule has 0 aromatic rings. The largest absolute Gasteiger partial charge is 1.00 e. The normalized spacial score (nSPS) is 12.0. The lowest BCUT2D eigenvalue weighted by Gasteiger charge is -2.38. The molecular formula is C19H38ClN. The summed E-state index contributed by atoms with van der Waals surface area (Å²) >= 11 is 0. The standard InChI is InChI=1S/C19H38N.ClH/c1-7-14-20(15-8-2,16-9-3)17-13-19(6)12-10-11-18(4)5;/h11,13H,7-10,12,14-17H2,1-6H3;1H/q+1;/p-1/b19-13+;. The van der Waals surface area contributed by atoms with Crippen LogP contribution in [0.2, 0.25) is 0 Å². The van der Waals surface area contributed by atoms with Gasteiger partial charge in [-0.1, -0.05) is 38.0 Å². The first-order valence-corrected chi connectivity index (χ1v) is 8.63. The monoisotopic (exact) mass is 315 g/mol. The molecule has 0 radical (unpaired) electrons. The van der Waals surface area contributed by atoms with Crippen LogP contribution in [-0.2, 0) is 0 Å². The van der Waals surface area contributed by atoms with Crippen LogP contribution in [0, 0.1) is 0 Å². The van der Waals surface area contributed by atoms with Crippen LogP contribution < -0.4 is 12.4 Å². The molecule has 0 saturated heterocycles. The molecule has 0 heterocycles. The van der Waals surface area contributed by atoms with Crippen molar-refractivity contribution < 1.29 is 16.9 Å². The number of nitrogens with zero attached hydrogens (tertiary/aromatic N) is 1. The number of hydrogen-bond donors (Lipinski definition) is 0. The van der Waals surface area contributed by atoms with Crippen LogP contribution in [0.25, 0.3) is 0 Å². The first-order chi connectivity index (χ1) is 9.49. The third kappa shape index (κ3) is 11.0. The quantitative estimate of drug-likeness (QED) is 0.406. The molecule has 0 atom stereocenters. The summed E-state index contributed by atoms with van der Waals surface area (Å²) in [5, 5.41) is 0. The Bertz CT molecular complexity index is 284. The fourth-order valence-electron chi connectivity index (χ4n) is 3.07. The summed E-state index contributed by atoms with van der Waals surface area (Å²) in [6.45, 7) is 18.9. The SMILES string of the molecule is CCC[N+](C/C=C(\C)CCC=C(C)C)(CCC)CCC.[Cl-]. The van der Waals surface area contributed by atoms with Crippen molar-refractivity contribution in [1.82, 2.24) is 0 Å². The number of rotatable bonds is 11. The second-order valence-corrected chi connectivity index (χ2v) is 6.57. The van der Waals surface area contributed by atoms with Gasteiger partial charge in [0.05, 0.1) is 26.2 Å². The molecule has 0 aliphatic rings. The molecule has 0 rings (SSSR count). The molecule has 0 saturated carbocycles. The van der Waals surface area contributed by atoms with Crippen LogP contribution in [-0.4, -0.2) is 30.7 Å². The Morgan fingerprint density at radius 2 is 1.29 bits per heavy atom. The average Bonchev–Trinajstić information content (AvgIpc) is 2.37. The Hall–Kier alpha value is -0.270. The van der Waals surface area contributed by atoms with Crippen molar-refractivity contribution in [2.75, 3.05) is 26.2 Å². The molecule has 21 heavy (non-hydrogen) atoms. The van der Waals surface area contributed by atoms with Crippen LogP contribution in [0.5, 0.6) is 0 Å². The van der Waals surface area contributed by atoms with E-state index in [9.17, 15) is 0 Å². The molecule has 0 spiro atoms. The van der Waals surface area contributed by atoms with E-state index in [0.29, 0.717) is 0 Å². The number of allylic oxidation sites excluding steroid dienone is 3. The molecule has 126 valence electrons. The number of quaternary nitrogens is 1. The van der Waals surface area contributed by atoms with Crippen molar-refractivity contribution in [1.29, 1.82) is 0 Å². The summed E-state index contributed by atoms with van der Waals surface area (Å²) in [4.78, 5) is 0. The molecule has 0 unspecified atom stereocenters. The van der Waals surface area contributed by atoms with E-state index in [1.54, 1.807) is 5.57 Å². The van der Waals surface area contributed by atoms with Crippen molar-refractivity contribution in [3.8, 4) is 0 Å². The topological polar surface area (TPSA) is 0 Å². The minimum Gasteiger partial charge on any atom is -1.00 e. The maximum atomic E-state index is 2.51. The molecule has 0 aromatic carbocycles. The van der Waals surface area contributed by atoms with Crippen molar-refractivity contribution in [2.45, 2.75) is 73.6 Å². The molecule has 0 aliphatic carbocycles. The minimum absolute atomic E-state index is 0. The van der Waals surface area contributed by atoms with Gasteiger partial charge in [-0.05, 0) is 59.0 Å². The van der Waals surface area contributed by atoms with E-state index in [1.807, 2.05) is 0 Å². The molecule has 0 fully saturated rings. The number of hydrogen-bond acceptors (Lipinski definition) is 0. The van der Waals surface area contributed by atoms with E-state index in [1.165, 1.54) is 68.3 Å². The van der Waals surface area contributed by atoms with Gasteiger partial charge in [-0.2, -0.15) is 0 Å². The zero-order valence-corrected chi connectivity index (χ0v) is 16.1. The lowest BCUT2D eigenvalue weighted by Crippen LogP contribution is -3.00. The Morgan fingerprint density at radius 3 is 1.67 bits per heavy atom. The summed E-state index contributed by atoms with van der Waals surface area (Å²) in [6, 6.07) is 0. The van der Waals surface area contributed by atoms with Gasteiger partial charge in [0.2, 0.25) is 0 Å². The Kier molecular flexibility index (Phi) is 14.7. The summed E-state index contributed by atoms with van der Waals surface area (Å²) in [7, 11) is 0. The van der Waals surface area contributed by atoms with E-state index >= 15 is 0 Å². The lowest BCUT2D eigenvalue weighted by atomic mass is 10.1. The van der Waals surface area contributed by atoms with E-state index < -0.39 is 0 Å². The summed E-state index contributed by atoms with van der Waals surface area (Å²) in [5.41, 5.74) is 3.00. The van der Waals surface area contributed by atoms with E-state index in [-0.39, 0.29) is 12.4 Å². The first kappa shape index (κ1) is 23.0. The first-order valence-electron chi connectivity index (χ1n) is 8.63. The molecule has 1 nitrogen and oxygen atoms in total. The van der Waals surface area contributed by atoms with E-state index in [4.69, 9.17) is 0 Å². The fraction of sp³-hybridized carbons (Fsp3) is 0.789. The van der Waals surface area contributed by atoms with Gasteiger partial charge in [-0.3, -0.25) is 0 Å². The smallest absolute Gasteiger partial charge is 0.0976 e. The molecule has 0 aliphatic heterocycles. The van der Waals surface area contributed by atoms with Gasteiger partial charge < -0.3 is 16.9 Å². The van der Waals surface area contributed by atoms with Crippen LogP contribution in [0.4, 0.5) is 0 Å². The van der Waals surface area contributed by atoms with Crippen LogP contribution >= 0.6 is 0 Å². The van der Waals surface area contributed by atoms with Gasteiger partial charge in [0.15, 0.2) is 0 Å². The predicted molar refractivity (Wildman–Crippen MR) is 93.0 cm³/mol. The highest BCUT2D eigenvalue weighted by Gasteiger charge is 2.22. The number of halogens is 1. The Morgan fingerprint density at radius 1 is 0.810 bits per heavy atom. The molecule has 0 N–H and O–H groups in total. The third-order valence-electron chi connectivity index (χ3n) is 4.01. The highest BCUT2D eigenvalue weighted by Crippen LogP contribution is 2.14. The van der Waals surface area contributed by atoms with Crippen molar-refractivity contribution in [2.24, 2.45) is 0 Å². The molecule has 0 amide bonds. The predicted octanol–water partition coefficient (Wildman–Crippen LogP) is 2.73. The zero-order chi connectivity index (χ0) is 15.4. The highest BCUT2D eigenvalue weighted by atomic mass is 35.5. The second kappa shape index (κ2) is 13.4. The summed E-state index contributed by atoms with van der Waals surface area (Å²) in [6.07, 6.45) is 11.2. The van der Waals surface area contributed by atoms with Gasteiger partial charge in [-0.25, -0.2) is 0 Å².